The van der Waals surface area contributed by atoms with E-state index in [2.05, 4.69) is 10.6 Å². The Balaban J connectivity index is 2.01. The molecule has 0 fully saturated rings. The molecule has 3 amide bonds. The van der Waals surface area contributed by atoms with Gasteiger partial charge in [-0.15, -0.1) is 0 Å². The molecule has 0 spiro atoms. The number of ether oxygens (including phenoxy) is 2. The van der Waals surface area contributed by atoms with Gasteiger partial charge in [-0.2, -0.15) is 0 Å². The summed E-state index contributed by atoms with van der Waals surface area (Å²) in [4.78, 5) is 56.1. The zero-order valence-electron chi connectivity index (χ0n) is 28.5. The summed E-state index contributed by atoms with van der Waals surface area (Å²) in [6.45, 7) is 12.2. The molecule has 0 aliphatic heterocycles. The number of esters is 1. The molecule has 3 N–H and O–H groups in total. The minimum Gasteiger partial charge on any atom is -0.508 e. The number of rotatable bonds is 11. The molecule has 3 aromatic rings. The van der Waals surface area contributed by atoms with Crippen LogP contribution >= 0.6 is 0 Å². The van der Waals surface area contributed by atoms with E-state index in [0.717, 1.165) is 11.1 Å². The molecule has 10 nitrogen and oxygen atoms in total. The second-order valence-corrected chi connectivity index (χ2v) is 13.6. The number of phenolic OH excluding ortho intramolecular Hbond substituents is 1. The highest BCUT2D eigenvalue weighted by atomic mass is 16.6. The molecule has 47 heavy (non-hydrogen) atoms. The van der Waals surface area contributed by atoms with Gasteiger partial charge in [0.05, 0.1) is 0 Å². The third-order valence-electron chi connectivity index (χ3n) is 7.12. The number of aromatic hydroxyl groups is 1. The van der Waals surface area contributed by atoms with Gasteiger partial charge < -0.3 is 30.1 Å². The lowest BCUT2D eigenvalue weighted by atomic mass is 9.97. The van der Waals surface area contributed by atoms with Gasteiger partial charge in [0.1, 0.15) is 35.1 Å². The number of hydrogen-bond acceptors (Lipinski definition) is 7. The van der Waals surface area contributed by atoms with Gasteiger partial charge in [-0.1, -0.05) is 66.7 Å². The third-order valence-corrected chi connectivity index (χ3v) is 7.12. The Kier molecular flexibility index (Phi) is 12.2. The van der Waals surface area contributed by atoms with E-state index in [0.29, 0.717) is 11.1 Å². The van der Waals surface area contributed by atoms with Gasteiger partial charge in [-0.05, 0) is 82.9 Å². The minimum atomic E-state index is -1.17. The summed E-state index contributed by atoms with van der Waals surface area (Å²) in [6.07, 6.45) is -0.573. The number of likely N-dealkylation sites (N-methyl/N-ethyl adjacent to an activating group) is 1. The monoisotopic (exact) mass is 645 g/mol. The molecule has 0 radical (unpaired) electrons. The van der Waals surface area contributed by atoms with Crippen LogP contribution in [0.5, 0.6) is 5.75 Å². The maximum absolute atomic E-state index is 14.3. The molecule has 0 saturated heterocycles. The molecule has 0 saturated carbocycles. The molecule has 0 heterocycles. The average molecular weight is 646 g/mol. The van der Waals surface area contributed by atoms with E-state index < -0.39 is 53.2 Å². The first-order valence-electron chi connectivity index (χ1n) is 15.6. The molecule has 252 valence electrons. The summed E-state index contributed by atoms with van der Waals surface area (Å²) in [5.74, 6) is -1.71. The molecular formula is C37H47N3O7. The van der Waals surface area contributed by atoms with E-state index in [-0.39, 0.29) is 18.6 Å². The molecule has 0 aliphatic rings. The van der Waals surface area contributed by atoms with Crippen molar-refractivity contribution in [2.45, 2.75) is 90.6 Å². The summed E-state index contributed by atoms with van der Waals surface area (Å²) in [6, 6.07) is 19.3. The third kappa shape index (κ3) is 11.5. The second kappa shape index (κ2) is 15.6. The highest BCUT2D eigenvalue weighted by molar-refractivity contribution is 5.94. The molecular weight excluding hydrogens is 598 g/mol. The predicted octanol–water partition coefficient (Wildman–Crippen LogP) is 5.41. The lowest BCUT2D eigenvalue weighted by molar-refractivity contribution is -0.159. The maximum Gasteiger partial charge on any atom is 0.408 e. The zero-order chi connectivity index (χ0) is 34.9. The van der Waals surface area contributed by atoms with Crippen molar-refractivity contribution in [3.05, 3.63) is 101 Å². The van der Waals surface area contributed by atoms with E-state index in [9.17, 15) is 24.3 Å². The highest BCUT2D eigenvalue weighted by Crippen LogP contribution is 2.26. The quantitative estimate of drug-likeness (QED) is 0.238. The SMILES string of the molecule is Cc1ccccc1C(C(=O)NC(Cc1ccccc1)C(=O)OC(C)(C)C)N(C)C(=O)C(Cc1ccc(O)cc1)NC(=O)OC(C)(C)C. The molecule has 0 bridgehead atoms. The van der Waals surface area contributed by atoms with Gasteiger partial charge in [-0.25, -0.2) is 9.59 Å². The van der Waals surface area contributed by atoms with Crippen LogP contribution in [-0.4, -0.2) is 64.2 Å². The maximum atomic E-state index is 14.3. The number of benzene rings is 3. The van der Waals surface area contributed by atoms with Crippen molar-refractivity contribution in [1.82, 2.24) is 15.5 Å². The number of carbonyl (C=O) groups excluding carboxylic acids is 4. The summed E-state index contributed by atoms with van der Waals surface area (Å²) in [5, 5.41) is 15.3. The fourth-order valence-corrected chi connectivity index (χ4v) is 4.98. The Labute approximate surface area is 277 Å². The topological polar surface area (TPSA) is 134 Å². The van der Waals surface area contributed by atoms with Gasteiger partial charge in [0.15, 0.2) is 0 Å². The normalized spacial score (nSPS) is 13.4. The van der Waals surface area contributed by atoms with Crippen molar-refractivity contribution < 1.29 is 33.8 Å². The van der Waals surface area contributed by atoms with Crippen molar-refractivity contribution in [3.63, 3.8) is 0 Å². The Hall–Kier alpha value is -4.86. The van der Waals surface area contributed by atoms with E-state index in [1.54, 1.807) is 65.8 Å². The fraction of sp³-hybridized carbons (Fsp3) is 0.405. The average Bonchev–Trinajstić information content (AvgIpc) is 2.97. The Morgan fingerprint density at radius 1 is 0.723 bits per heavy atom. The smallest absolute Gasteiger partial charge is 0.408 e. The van der Waals surface area contributed by atoms with E-state index in [1.807, 2.05) is 49.4 Å². The number of hydrogen-bond donors (Lipinski definition) is 3. The zero-order valence-corrected chi connectivity index (χ0v) is 28.5. The molecule has 3 rings (SSSR count). The van der Waals surface area contributed by atoms with Crippen LogP contribution in [0.1, 0.15) is 69.8 Å². The first-order chi connectivity index (χ1) is 21.9. The van der Waals surface area contributed by atoms with Gasteiger partial charge in [0.2, 0.25) is 11.8 Å². The van der Waals surface area contributed by atoms with Crippen LogP contribution in [0.15, 0.2) is 78.9 Å². The Morgan fingerprint density at radius 3 is 1.83 bits per heavy atom. The van der Waals surface area contributed by atoms with Crippen LogP contribution in [0, 0.1) is 6.92 Å². The van der Waals surface area contributed by atoms with Crippen LogP contribution in [0.25, 0.3) is 0 Å². The molecule has 3 atom stereocenters. The first-order valence-corrected chi connectivity index (χ1v) is 15.6. The summed E-state index contributed by atoms with van der Waals surface area (Å²) in [7, 11) is 1.49. The van der Waals surface area contributed by atoms with Crippen LogP contribution in [0.2, 0.25) is 0 Å². The molecule has 10 heteroatoms. The van der Waals surface area contributed by atoms with Gasteiger partial charge in [0.25, 0.3) is 0 Å². The molecule has 3 aromatic carbocycles. The number of carbonyl (C=O) groups is 4. The van der Waals surface area contributed by atoms with E-state index >= 15 is 0 Å². The van der Waals surface area contributed by atoms with Crippen LogP contribution in [0.4, 0.5) is 4.79 Å². The van der Waals surface area contributed by atoms with Crippen LogP contribution in [-0.2, 0) is 36.7 Å². The number of aryl methyl sites for hydroxylation is 1. The second-order valence-electron chi connectivity index (χ2n) is 13.6. The van der Waals surface area contributed by atoms with Crippen LogP contribution < -0.4 is 10.6 Å². The number of phenols is 1. The summed E-state index contributed by atoms with van der Waals surface area (Å²) >= 11 is 0. The summed E-state index contributed by atoms with van der Waals surface area (Å²) in [5.41, 5.74) is 1.16. The lowest BCUT2D eigenvalue weighted by Gasteiger charge is -2.33. The van der Waals surface area contributed by atoms with Crippen LogP contribution in [0.3, 0.4) is 0 Å². The minimum absolute atomic E-state index is 0.0549. The number of nitrogens with one attached hydrogen (secondary N) is 2. The standard InChI is InChI=1S/C37H47N3O7/c1-24-14-12-13-17-28(24)31(32(42)38-30(34(44)46-36(2,3)4)23-25-15-10-9-11-16-25)40(8)33(43)29(39-35(45)47-37(5,6)7)22-26-18-20-27(41)21-19-26/h9-21,29-31,41H,22-23H2,1-8H3,(H,38,42)(H,39,45). The van der Waals surface area contributed by atoms with Crippen molar-refractivity contribution in [2.75, 3.05) is 7.05 Å². The van der Waals surface area contributed by atoms with Gasteiger partial charge >= 0.3 is 12.1 Å². The molecule has 0 aliphatic carbocycles. The fourth-order valence-electron chi connectivity index (χ4n) is 4.98. The Bertz CT molecular complexity index is 1530. The van der Waals surface area contributed by atoms with Crippen molar-refractivity contribution in [1.29, 1.82) is 0 Å². The predicted molar refractivity (Wildman–Crippen MR) is 180 cm³/mol. The van der Waals surface area contributed by atoms with Crippen molar-refractivity contribution >= 4 is 23.9 Å². The molecule has 3 unspecified atom stereocenters. The van der Waals surface area contributed by atoms with Crippen molar-refractivity contribution in [2.24, 2.45) is 0 Å². The van der Waals surface area contributed by atoms with Gasteiger partial charge in [-0.3, -0.25) is 9.59 Å². The highest BCUT2D eigenvalue weighted by Gasteiger charge is 2.37. The van der Waals surface area contributed by atoms with Gasteiger partial charge in [0, 0.05) is 19.9 Å². The summed E-state index contributed by atoms with van der Waals surface area (Å²) < 4.78 is 11.1. The number of nitrogens with zero attached hydrogens (tertiary/aromatic N) is 1. The lowest BCUT2D eigenvalue weighted by Crippen LogP contribution is -2.54. The first kappa shape index (κ1) is 36.6. The molecule has 0 aromatic heterocycles. The van der Waals surface area contributed by atoms with Crippen molar-refractivity contribution in [3.8, 4) is 5.75 Å². The Morgan fingerprint density at radius 2 is 1.26 bits per heavy atom. The van der Waals surface area contributed by atoms with E-state index in [1.165, 1.54) is 24.1 Å². The van der Waals surface area contributed by atoms with E-state index in [4.69, 9.17) is 9.47 Å². The largest absolute Gasteiger partial charge is 0.508 e. The number of alkyl carbamates (subject to hydrolysis) is 1. The number of amides is 3.